The molecular formula is C19H19NO4. The summed E-state index contributed by atoms with van der Waals surface area (Å²) < 4.78 is 16.5. The Labute approximate surface area is 140 Å². The summed E-state index contributed by atoms with van der Waals surface area (Å²) >= 11 is 0. The molecule has 0 unspecified atom stereocenters. The van der Waals surface area contributed by atoms with Crippen LogP contribution >= 0.6 is 0 Å². The van der Waals surface area contributed by atoms with Gasteiger partial charge in [-0.2, -0.15) is 0 Å². The maximum absolute atomic E-state index is 12.1. The lowest BCUT2D eigenvalue weighted by Gasteiger charge is -2.08. The van der Waals surface area contributed by atoms with Crippen molar-refractivity contribution >= 4 is 16.9 Å². The lowest BCUT2D eigenvalue weighted by Crippen LogP contribution is -2.27. The minimum Gasteiger partial charge on any atom is -0.494 e. The summed E-state index contributed by atoms with van der Waals surface area (Å²) in [6, 6.07) is 16.6. The molecule has 124 valence electrons. The number of carbonyl (C=O) groups excluding carboxylic acids is 1. The number of rotatable bonds is 7. The maximum Gasteiger partial charge on any atom is 0.287 e. The Bertz CT molecular complexity index is 775. The molecule has 3 aromatic rings. The first kappa shape index (κ1) is 15.9. The van der Waals surface area contributed by atoms with Gasteiger partial charge in [0.05, 0.1) is 13.2 Å². The maximum atomic E-state index is 12.1. The van der Waals surface area contributed by atoms with E-state index in [9.17, 15) is 4.79 Å². The molecule has 0 atom stereocenters. The normalized spacial score (nSPS) is 10.5. The third-order valence-corrected chi connectivity index (χ3v) is 3.44. The van der Waals surface area contributed by atoms with Crippen molar-refractivity contribution in [1.29, 1.82) is 0 Å². The molecule has 0 saturated heterocycles. The molecule has 1 amide bonds. The van der Waals surface area contributed by atoms with Gasteiger partial charge in [0.2, 0.25) is 0 Å². The van der Waals surface area contributed by atoms with Crippen LogP contribution in [0.1, 0.15) is 17.5 Å². The van der Waals surface area contributed by atoms with Crippen LogP contribution in [0.15, 0.2) is 59.0 Å². The molecule has 1 aromatic heterocycles. The third-order valence-electron chi connectivity index (χ3n) is 3.44. The van der Waals surface area contributed by atoms with Crippen LogP contribution in [0.25, 0.3) is 11.0 Å². The van der Waals surface area contributed by atoms with Gasteiger partial charge in [0.1, 0.15) is 23.7 Å². The van der Waals surface area contributed by atoms with Crippen molar-refractivity contribution in [3.05, 3.63) is 60.4 Å². The topological polar surface area (TPSA) is 60.7 Å². The first-order valence-corrected chi connectivity index (χ1v) is 7.88. The molecule has 0 aliphatic rings. The standard InChI is InChI=1S/C19H19NO4/c1-2-22-15-7-9-16(10-8-15)23-12-11-20-19(21)18-13-14-5-3-4-6-17(14)24-18/h3-10,13H,2,11-12H2,1H3,(H,20,21). The van der Waals surface area contributed by atoms with Crippen LogP contribution < -0.4 is 14.8 Å². The Morgan fingerprint density at radius 2 is 1.75 bits per heavy atom. The van der Waals surface area contributed by atoms with Gasteiger partial charge in [-0.3, -0.25) is 4.79 Å². The number of para-hydroxylation sites is 1. The highest BCUT2D eigenvalue weighted by molar-refractivity contribution is 5.96. The Balaban J connectivity index is 1.46. The molecule has 2 aromatic carbocycles. The zero-order chi connectivity index (χ0) is 16.8. The number of fused-ring (bicyclic) bond motifs is 1. The largest absolute Gasteiger partial charge is 0.494 e. The van der Waals surface area contributed by atoms with Gasteiger partial charge in [0, 0.05) is 5.39 Å². The monoisotopic (exact) mass is 325 g/mol. The highest BCUT2D eigenvalue weighted by Gasteiger charge is 2.11. The third kappa shape index (κ3) is 3.87. The predicted molar refractivity (Wildman–Crippen MR) is 91.7 cm³/mol. The summed E-state index contributed by atoms with van der Waals surface area (Å²) in [5, 5.41) is 3.69. The first-order valence-electron chi connectivity index (χ1n) is 7.88. The second-order valence-electron chi connectivity index (χ2n) is 5.16. The van der Waals surface area contributed by atoms with E-state index >= 15 is 0 Å². The van der Waals surface area contributed by atoms with E-state index in [0.29, 0.717) is 31.1 Å². The molecule has 5 nitrogen and oxygen atoms in total. The number of carbonyl (C=O) groups is 1. The zero-order valence-corrected chi connectivity index (χ0v) is 13.5. The van der Waals surface area contributed by atoms with Gasteiger partial charge in [-0.15, -0.1) is 0 Å². The van der Waals surface area contributed by atoms with E-state index in [4.69, 9.17) is 13.9 Å². The van der Waals surface area contributed by atoms with E-state index < -0.39 is 0 Å². The van der Waals surface area contributed by atoms with Crippen molar-refractivity contribution in [2.24, 2.45) is 0 Å². The van der Waals surface area contributed by atoms with Gasteiger partial charge < -0.3 is 19.2 Å². The highest BCUT2D eigenvalue weighted by Crippen LogP contribution is 2.19. The van der Waals surface area contributed by atoms with Gasteiger partial charge in [0.15, 0.2) is 5.76 Å². The smallest absolute Gasteiger partial charge is 0.287 e. The van der Waals surface area contributed by atoms with Crippen LogP contribution in [0.5, 0.6) is 11.5 Å². The summed E-state index contributed by atoms with van der Waals surface area (Å²) in [4.78, 5) is 12.1. The minimum atomic E-state index is -0.249. The number of hydrogen-bond acceptors (Lipinski definition) is 4. The van der Waals surface area contributed by atoms with Gasteiger partial charge in [0.25, 0.3) is 5.91 Å². The molecule has 1 heterocycles. The molecule has 0 radical (unpaired) electrons. The van der Waals surface area contributed by atoms with Gasteiger partial charge in [-0.25, -0.2) is 0 Å². The summed E-state index contributed by atoms with van der Waals surface area (Å²) in [6.45, 7) is 3.34. The predicted octanol–water partition coefficient (Wildman–Crippen LogP) is 3.64. The Morgan fingerprint density at radius 1 is 1.04 bits per heavy atom. The SMILES string of the molecule is CCOc1ccc(OCCNC(=O)c2cc3ccccc3o2)cc1. The van der Waals surface area contributed by atoms with Crippen molar-refractivity contribution in [1.82, 2.24) is 5.32 Å². The average Bonchev–Trinajstić information content (AvgIpc) is 3.04. The first-order chi connectivity index (χ1) is 11.8. The van der Waals surface area contributed by atoms with Crippen LogP contribution in [0, 0.1) is 0 Å². The lowest BCUT2D eigenvalue weighted by atomic mass is 10.2. The van der Waals surface area contributed by atoms with Crippen molar-refractivity contribution in [2.75, 3.05) is 19.8 Å². The second kappa shape index (κ2) is 7.55. The molecule has 24 heavy (non-hydrogen) atoms. The molecule has 0 bridgehead atoms. The number of amides is 1. The van der Waals surface area contributed by atoms with Gasteiger partial charge in [-0.1, -0.05) is 18.2 Å². The van der Waals surface area contributed by atoms with E-state index in [0.717, 1.165) is 16.9 Å². The van der Waals surface area contributed by atoms with E-state index in [-0.39, 0.29) is 5.91 Å². The van der Waals surface area contributed by atoms with Gasteiger partial charge >= 0.3 is 0 Å². The Morgan fingerprint density at radius 3 is 2.46 bits per heavy atom. The van der Waals surface area contributed by atoms with Crippen molar-refractivity contribution in [3.8, 4) is 11.5 Å². The summed E-state index contributed by atoms with van der Waals surface area (Å²) in [7, 11) is 0. The molecule has 0 fully saturated rings. The lowest BCUT2D eigenvalue weighted by molar-refractivity contribution is 0.0921. The van der Waals surface area contributed by atoms with Crippen molar-refractivity contribution in [2.45, 2.75) is 6.92 Å². The molecule has 0 aliphatic heterocycles. The fourth-order valence-electron chi connectivity index (χ4n) is 2.31. The molecule has 1 N–H and O–H groups in total. The summed E-state index contributed by atoms with van der Waals surface area (Å²) in [6.07, 6.45) is 0. The average molecular weight is 325 g/mol. The number of nitrogens with one attached hydrogen (secondary N) is 1. The number of ether oxygens (including phenoxy) is 2. The van der Waals surface area contributed by atoms with E-state index in [1.807, 2.05) is 55.5 Å². The van der Waals surface area contributed by atoms with Gasteiger partial charge in [-0.05, 0) is 43.3 Å². The quantitative estimate of drug-likeness (QED) is 0.674. The number of furan rings is 1. The minimum absolute atomic E-state index is 0.249. The molecule has 0 aliphatic carbocycles. The van der Waals surface area contributed by atoms with Crippen molar-refractivity contribution < 1.29 is 18.7 Å². The Hall–Kier alpha value is -2.95. The van der Waals surface area contributed by atoms with E-state index in [2.05, 4.69) is 5.32 Å². The number of benzene rings is 2. The van der Waals surface area contributed by atoms with Crippen molar-refractivity contribution in [3.63, 3.8) is 0 Å². The summed E-state index contributed by atoms with van der Waals surface area (Å²) in [5.74, 6) is 1.60. The highest BCUT2D eigenvalue weighted by atomic mass is 16.5. The molecule has 5 heteroatoms. The molecule has 3 rings (SSSR count). The van der Waals surface area contributed by atoms with E-state index in [1.54, 1.807) is 6.07 Å². The molecule has 0 spiro atoms. The fraction of sp³-hybridized carbons (Fsp3) is 0.211. The number of hydrogen-bond donors (Lipinski definition) is 1. The molecular weight excluding hydrogens is 306 g/mol. The van der Waals surface area contributed by atoms with E-state index in [1.165, 1.54) is 0 Å². The zero-order valence-electron chi connectivity index (χ0n) is 13.5. The summed E-state index contributed by atoms with van der Waals surface area (Å²) in [5.41, 5.74) is 0.702. The molecule has 0 saturated carbocycles. The van der Waals surface area contributed by atoms with Crippen LogP contribution in [-0.4, -0.2) is 25.7 Å². The Kier molecular flexibility index (Phi) is 5.01. The van der Waals surface area contributed by atoms with Crippen LogP contribution in [-0.2, 0) is 0 Å². The van der Waals surface area contributed by atoms with Crippen LogP contribution in [0.4, 0.5) is 0 Å². The van der Waals surface area contributed by atoms with Crippen LogP contribution in [0.3, 0.4) is 0 Å². The second-order valence-corrected chi connectivity index (χ2v) is 5.16. The van der Waals surface area contributed by atoms with Crippen LogP contribution in [0.2, 0.25) is 0 Å². The fourth-order valence-corrected chi connectivity index (χ4v) is 2.31.